The van der Waals surface area contributed by atoms with E-state index in [4.69, 9.17) is 9.05 Å². The summed E-state index contributed by atoms with van der Waals surface area (Å²) in [7, 11) is -0.437. The van der Waals surface area contributed by atoms with E-state index in [1.54, 1.807) is 19.1 Å². The fourth-order valence-corrected chi connectivity index (χ4v) is 2.22. The minimum atomic E-state index is -3.06. The average Bonchev–Trinajstić information content (AvgIpc) is 2.40. The van der Waals surface area contributed by atoms with Crippen molar-refractivity contribution in [3.05, 3.63) is 44.8 Å². The highest BCUT2D eigenvalue weighted by Gasteiger charge is 2.17. The molecule has 0 atom stereocenters. The molecule has 106 valence electrons. The molecule has 0 amide bonds. The summed E-state index contributed by atoms with van der Waals surface area (Å²) in [6.45, 7) is 1.88. The molecule has 1 N–H and O–H groups in total. The zero-order valence-corrected chi connectivity index (χ0v) is 12.0. The van der Waals surface area contributed by atoms with Crippen LogP contribution in [0.2, 0.25) is 0 Å². The van der Waals surface area contributed by atoms with Crippen molar-refractivity contribution in [3.8, 4) is 0 Å². The molecule has 0 aliphatic heterocycles. The van der Waals surface area contributed by atoms with Gasteiger partial charge in [-0.2, -0.15) is 0 Å². The summed E-state index contributed by atoms with van der Waals surface area (Å²) >= 11 is 0. The Morgan fingerprint density at radius 3 is 2.53 bits per heavy atom. The van der Waals surface area contributed by atoms with Crippen molar-refractivity contribution >= 4 is 7.60 Å². The molecule has 0 fully saturated rings. The van der Waals surface area contributed by atoms with Crippen LogP contribution in [0.15, 0.2) is 27.9 Å². The molecule has 0 spiro atoms. The van der Waals surface area contributed by atoms with E-state index in [0.29, 0.717) is 5.56 Å². The molecule has 19 heavy (non-hydrogen) atoms. The minimum Gasteiger partial charge on any atom is -0.312 e. The molecule has 0 bridgehead atoms. The van der Waals surface area contributed by atoms with Crippen LogP contribution < -0.4 is 11.2 Å². The van der Waals surface area contributed by atoms with Gasteiger partial charge in [0.15, 0.2) is 0 Å². The van der Waals surface area contributed by atoms with E-state index in [-0.39, 0.29) is 12.7 Å². The minimum absolute atomic E-state index is 0.122. The number of aryl methyl sites for hydroxylation is 1. The van der Waals surface area contributed by atoms with Crippen molar-refractivity contribution in [2.24, 2.45) is 0 Å². The average molecular weight is 288 g/mol. The molecule has 0 aromatic carbocycles. The number of nitrogens with zero attached hydrogens (tertiary/aromatic N) is 1. The lowest BCUT2D eigenvalue weighted by atomic mass is 10.4. The van der Waals surface area contributed by atoms with Crippen LogP contribution in [0.3, 0.4) is 0 Å². The molecule has 0 saturated heterocycles. The van der Waals surface area contributed by atoms with E-state index in [1.165, 1.54) is 25.0 Å². The maximum atomic E-state index is 11.7. The number of H-pyrrole nitrogens is 1. The lowest BCUT2D eigenvalue weighted by Crippen LogP contribution is -2.30. The van der Waals surface area contributed by atoms with Crippen LogP contribution in [0.25, 0.3) is 0 Å². The third-order valence-corrected chi connectivity index (χ3v) is 4.31. The Bertz CT molecular complexity index is 608. The van der Waals surface area contributed by atoms with Crippen molar-refractivity contribution in [2.75, 3.05) is 20.4 Å². The van der Waals surface area contributed by atoms with Gasteiger partial charge in [0, 0.05) is 32.5 Å². The Labute approximate surface area is 110 Å². The van der Waals surface area contributed by atoms with Crippen LogP contribution in [-0.2, 0) is 20.2 Å². The van der Waals surface area contributed by atoms with Gasteiger partial charge in [0.1, 0.15) is 0 Å². The Balaban J connectivity index is 2.73. The van der Waals surface area contributed by atoms with Crippen molar-refractivity contribution in [2.45, 2.75) is 13.5 Å². The summed E-state index contributed by atoms with van der Waals surface area (Å²) < 4.78 is 22.6. The van der Waals surface area contributed by atoms with Gasteiger partial charge in [-0.15, -0.1) is 0 Å². The van der Waals surface area contributed by atoms with Gasteiger partial charge >= 0.3 is 13.3 Å². The first-order chi connectivity index (χ1) is 8.91. The summed E-state index contributed by atoms with van der Waals surface area (Å²) in [5.74, 6) is 0. The second kappa shape index (κ2) is 6.65. The third-order valence-electron chi connectivity index (χ3n) is 2.54. The number of hydrogen-bond donors (Lipinski definition) is 1. The van der Waals surface area contributed by atoms with Crippen molar-refractivity contribution in [1.29, 1.82) is 0 Å². The molecule has 0 unspecified atom stereocenters. The molecule has 0 saturated carbocycles. The molecular formula is C11H17N2O5P. The molecule has 0 radical (unpaired) electrons. The van der Waals surface area contributed by atoms with Crippen LogP contribution >= 0.6 is 7.60 Å². The standard InChI is InChI=1S/C11H17N2O5P/c1-9-8-13(11(15)12-10(9)14)6-4-5-7-19(16,17-2)18-3/h4-5,8H,6-7H2,1-3H3,(H,12,14,15)/b5-4+. The Hall–Kier alpha value is -1.43. The van der Waals surface area contributed by atoms with Gasteiger partial charge in [0.2, 0.25) is 0 Å². The van der Waals surface area contributed by atoms with Gasteiger partial charge in [0.05, 0.1) is 6.16 Å². The highest BCUT2D eigenvalue weighted by molar-refractivity contribution is 7.54. The lowest BCUT2D eigenvalue weighted by molar-refractivity contribution is 0.279. The first-order valence-corrected chi connectivity index (χ1v) is 7.30. The summed E-state index contributed by atoms with van der Waals surface area (Å²) in [6, 6.07) is 0. The van der Waals surface area contributed by atoms with E-state index in [0.717, 1.165) is 0 Å². The zero-order valence-electron chi connectivity index (χ0n) is 11.1. The number of aromatic nitrogens is 2. The number of aromatic amines is 1. The lowest BCUT2D eigenvalue weighted by Gasteiger charge is -2.10. The molecule has 1 heterocycles. The monoisotopic (exact) mass is 288 g/mol. The van der Waals surface area contributed by atoms with Gasteiger partial charge in [-0.3, -0.25) is 18.9 Å². The number of rotatable bonds is 6. The largest absolute Gasteiger partial charge is 0.333 e. The molecule has 0 aliphatic carbocycles. The number of allylic oxidation sites excluding steroid dienone is 2. The predicted molar refractivity (Wildman–Crippen MR) is 71.7 cm³/mol. The van der Waals surface area contributed by atoms with Crippen LogP contribution in [0, 0.1) is 6.92 Å². The second-order valence-corrected chi connectivity index (χ2v) is 6.17. The van der Waals surface area contributed by atoms with Crippen LogP contribution in [0.1, 0.15) is 5.56 Å². The predicted octanol–water partition coefficient (Wildman–Crippen LogP) is 0.887. The van der Waals surface area contributed by atoms with E-state index in [9.17, 15) is 14.2 Å². The molecule has 8 heteroatoms. The smallest absolute Gasteiger partial charge is 0.312 e. The first kappa shape index (κ1) is 15.6. The van der Waals surface area contributed by atoms with Gasteiger partial charge in [-0.25, -0.2) is 4.79 Å². The zero-order chi connectivity index (χ0) is 14.5. The van der Waals surface area contributed by atoms with Gasteiger partial charge < -0.3 is 9.05 Å². The third kappa shape index (κ3) is 4.31. The van der Waals surface area contributed by atoms with Crippen LogP contribution in [0.5, 0.6) is 0 Å². The normalized spacial score (nSPS) is 12.2. The summed E-state index contributed by atoms with van der Waals surface area (Å²) in [4.78, 5) is 24.8. The molecule has 7 nitrogen and oxygen atoms in total. The number of hydrogen-bond acceptors (Lipinski definition) is 5. The fourth-order valence-electron chi connectivity index (χ4n) is 1.37. The van der Waals surface area contributed by atoms with Crippen LogP contribution in [0.4, 0.5) is 0 Å². The van der Waals surface area contributed by atoms with Gasteiger partial charge in [0.25, 0.3) is 5.56 Å². The maximum Gasteiger partial charge on any atom is 0.333 e. The highest BCUT2D eigenvalue weighted by atomic mass is 31.2. The Morgan fingerprint density at radius 1 is 1.32 bits per heavy atom. The fraction of sp³-hybridized carbons (Fsp3) is 0.455. The topological polar surface area (TPSA) is 90.4 Å². The van der Waals surface area contributed by atoms with E-state index < -0.39 is 18.8 Å². The van der Waals surface area contributed by atoms with E-state index >= 15 is 0 Å². The number of nitrogens with one attached hydrogen (secondary N) is 1. The Kier molecular flexibility index (Phi) is 5.47. The van der Waals surface area contributed by atoms with Crippen molar-refractivity contribution in [1.82, 2.24) is 9.55 Å². The molecular weight excluding hydrogens is 271 g/mol. The van der Waals surface area contributed by atoms with E-state index in [2.05, 4.69) is 4.98 Å². The summed E-state index contributed by atoms with van der Waals surface area (Å²) in [5.41, 5.74) is -0.428. The molecule has 1 aromatic rings. The quantitative estimate of drug-likeness (QED) is 0.620. The molecule has 0 aliphatic rings. The van der Waals surface area contributed by atoms with Gasteiger partial charge in [-0.1, -0.05) is 12.2 Å². The second-order valence-electron chi connectivity index (χ2n) is 3.85. The molecule has 1 rings (SSSR count). The maximum absolute atomic E-state index is 11.7. The Morgan fingerprint density at radius 2 is 1.95 bits per heavy atom. The summed E-state index contributed by atoms with van der Waals surface area (Å²) in [5, 5.41) is 0. The molecule has 1 aromatic heterocycles. The van der Waals surface area contributed by atoms with Gasteiger partial charge in [-0.05, 0) is 6.92 Å². The first-order valence-electron chi connectivity index (χ1n) is 5.58. The summed E-state index contributed by atoms with van der Waals surface area (Å²) in [6.07, 6.45) is 4.86. The van der Waals surface area contributed by atoms with Crippen molar-refractivity contribution < 1.29 is 13.6 Å². The SMILES string of the molecule is COP(=O)(C/C=C/Cn1cc(C)c(=O)[nH]c1=O)OC. The highest BCUT2D eigenvalue weighted by Crippen LogP contribution is 2.46. The van der Waals surface area contributed by atoms with Crippen LogP contribution in [-0.4, -0.2) is 29.9 Å². The van der Waals surface area contributed by atoms with E-state index in [1.807, 2.05) is 0 Å². The van der Waals surface area contributed by atoms with Crippen molar-refractivity contribution in [3.63, 3.8) is 0 Å².